The van der Waals surface area contributed by atoms with Crippen molar-refractivity contribution in [2.75, 3.05) is 12.3 Å². The Kier molecular flexibility index (Phi) is 7.50. The molecule has 0 spiro atoms. The van der Waals surface area contributed by atoms with Crippen LogP contribution in [-0.2, 0) is 14.8 Å². The summed E-state index contributed by atoms with van der Waals surface area (Å²) >= 11 is 7.38. The van der Waals surface area contributed by atoms with Gasteiger partial charge >= 0.3 is 0 Å². The van der Waals surface area contributed by atoms with E-state index in [4.69, 9.17) is 27.3 Å². The van der Waals surface area contributed by atoms with Gasteiger partial charge in [0.1, 0.15) is 4.90 Å². The van der Waals surface area contributed by atoms with Crippen molar-refractivity contribution in [3.8, 4) is 0 Å². The average molecular weight is 526 g/mol. The van der Waals surface area contributed by atoms with Crippen LogP contribution in [0.5, 0.6) is 0 Å². The van der Waals surface area contributed by atoms with Crippen LogP contribution < -0.4 is 0 Å². The zero-order valence-electron chi connectivity index (χ0n) is 15.1. The molecule has 5 nitrogen and oxygen atoms in total. The first-order chi connectivity index (χ1) is 12.7. The van der Waals surface area contributed by atoms with Crippen LogP contribution in [0.4, 0.5) is 5.69 Å². The van der Waals surface area contributed by atoms with Crippen molar-refractivity contribution >= 4 is 70.9 Å². The van der Waals surface area contributed by atoms with Gasteiger partial charge in [-0.15, -0.1) is 17.0 Å². The fraction of sp³-hybridized carbons (Fsp3) is 0.278. The van der Waals surface area contributed by atoms with E-state index >= 15 is 0 Å². The monoisotopic (exact) mass is 524 g/mol. The van der Waals surface area contributed by atoms with Crippen molar-refractivity contribution in [3.63, 3.8) is 0 Å². The number of benzene rings is 2. The summed E-state index contributed by atoms with van der Waals surface area (Å²) in [6, 6.07) is 12.1. The van der Waals surface area contributed by atoms with Crippen molar-refractivity contribution in [2.45, 2.75) is 24.5 Å². The summed E-state index contributed by atoms with van der Waals surface area (Å²) in [6.45, 7) is 4.36. The van der Waals surface area contributed by atoms with Gasteiger partial charge in [-0.2, -0.15) is 0 Å². The molecule has 0 bridgehead atoms. The number of hydrogen-bond donors (Lipinski definition) is 1. The molecular weight excluding hydrogens is 507 g/mol. The number of aliphatic hydroxyl groups is 1. The molecule has 1 N–H and O–H groups in total. The SMILES string of the molecule is Br.CCN1/C(=N\c2ccccc2C)SCC1(O)c1ccc(Cl)c(S(=O)(=O)Cl)c1. The van der Waals surface area contributed by atoms with Gasteiger partial charge in [-0.05, 0) is 37.6 Å². The van der Waals surface area contributed by atoms with Crippen LogP contribution in [0, 0.1) is 6.92 Å². The molecule has 0 radical (unpaired) electrons. The van der Waals surface area contributed by atoms with Crippen LogP contribution in [0.25, 0.3) is 0 Å². The third-order valence-electron chi connectivity index (χ3n) is 4.38. The summed E-state index contributed by atoms with van der Waals surface area (Å²) in [5, 5.41) is 12.0. The van der Waals surface area contributed by atoms with Gasteiger partial charge in [0.05, 0.1) is 16.5 Å². The van der Waals surface area contributed by atoms with Gasteiger partial charge in [-0.1, -0.05) is 47.6 Å². The molecule has 1 aliphatic rings. The van der Waals surface area contributed by atoms with Gasteiger partial charge in [0.25, 0.3) is 9.05 Å². The lowest BCUT2D eigenvalue weighted by Gasteiger charge is -2.34. The molecular formula is C18H19BrCl2N2O3S2. The Balaban J connectivity index is 0.00000280. The Morgan fingerprint density at radius 1 is 1.29 bits per heavy atom. The minimum absolute atomic E-state index is 0. The fourth-order valence-electron chi connectivity index (χ4n) is 2.94. The van der Waals surface area contributed by atoms with E-state index < -0.39 is 14.8 Å². The first-order valence-electron chi connectivity index (χ1n) is 8.18. The smallest absolute Gasteiger partial charge is 0.262 e. The molecule has 152 valence electrons. The van der Waals surface area contributed by atoms with Crippen molar-refractivity contribution in [3.05, 3.63) is 58.6 Å². The second kappa shape index (κ2) is 8.93. The van der Waals surface area contributed by atoms with Crippen molar-refractivity contribution in [1.29, 1.82) is 0 Å². The van der Waals surface area contributed by atoms with Gasteiger partial charge in [0.2, 0.25) is 0 Å². The molecule has 2 aromatic carbocycles. The highest BCUT2D eigenvalue weighted by Crippen LogP contribution is 2.41. The summed E-state index contributed by atoms with van der Waals surface area (Å²) in [5.41, 5.74) is 0.833. The highest BCUT2D eigenvalue weighted by atomic mass is 79.9. The van der Waals surface area contributed by atoms with Crippen LogP contribution in [0.15, 0.2) is 52.4 Å². The normalized spacial score (nSPS) is 21.0. The van der Waals surface area contributed by atoms with E-state index in [1.807, 2.05) is 38.1 Å². The molecule has 1 unspecified atom stereocenters. The number of amidine groups is 1. The molecule has 0 aliphatic carbocycles. The molecule has 3 rings (SSSR count). The van der Waals surface area contributed by atoms with E-state index in [2.05, 4.69) is 0 Å². The molecule has 0 saturated carbocycles. The predicted molar refractivity (Wildman–Crippen MR) is 122 cm³/mol. The number of hydrogen-bond acceptors (Lipinski definition) is 5. The van der Waals surface area contributed by atoms with Gasteiger partial charge in [0, 0.05) is 22.8 Å². The molecule has 28 heavy (non-hydrogen) atoms. The molecule has 1 saturated heterocycles. The van der Waals surface area contributed by atoms with Gasteiger partial charge in [-0.3, -0.25) is 0 Å². The number of para-hydroxylation sites is 1. The number of nitrogens with zero attached hydrogens (tertiary/aromatic N) is 2. The Bertz CT molecular complexity index is 1020. The largest absolute Gasteiger partial charge is 0.366 e. The zero-order chi connectivity index (χ0) is 19.8. The Morgan fingerprint density at radius 2 is 1.96 bits per heavy atom. The highest BCUT2D eigenvalue weighted by Gasteiger charge is 2.44. The van der Waals surface area contributed by atoms with Crippen molar-refractivity contribution < 1.29 is 13.5 Å². The molecule has 0 amide bonds. The fourth-order valence-corrected chi connectivity index (χ4v) is 5.68. The highest BCUT2D eigenvalue weighted by molar-refractivity contribution is 8.93. The summed E-state index contributed by atoms with van der Waals surface area (Å²) in [6.07, 6.45) is 0. The molecule has 1 heterocycles. The molecule has 10 heteroatoms. The Hall–Kier alpha value is -0.770. The van der Waals surface area contributed by atoms with Gasteiger partial charge in [-0.25, -0.2) is 13.4 Å². The second-order valence-electron chi connectivity index (χ2n) is 6.11. The number of thioether (sulfide) groups is 1. The molecule has 1 fully saturated rings. The van der Waals surface area contributed by atoms with E-state index in [1.165, 1.54) is 23.9 Å². The molecule has 2 aromatic rings. The number of aliphatic imine (C=N–C) groups is 1. The van der Waals surface area contributed by atoms with Crippen molar-refractivity contribution in [1.82, 2.24) is 4.90 Å². The summed E-state index contributed by atoms with van der Waals surface area (Å²) < 4.78 is 23.6. The summed E-state index contributed by atoms with van der Waals surface area (Å²) in [5.74, 6) is 0.301. The van der Waals surface area contributed by atoms with E-state index in [-0.39, 0.29) is 26.9 Å². The van der Waals surface area contributed by atoms with Gasteiger partial charge < -0.3 is 10.0 Å². The Morgan fingerprint density at radius 3 is 2.57 bits per heavy atom. The number of rotatable bonds is 4. The Labute approximate surface area is 188 Å². The van der Waals surface area contributed by atoms with Crippen LogP contribution >= 0.6 is 51.0 Å². The van der Waals surface area contributed by atoms with E-state index in [1.54, 1.807) is 11.0 Å². The molecule has 0 aromatic heterocycles. The lowest BCUT2D eigenvalue weighted by atomic mass is 10.0. The van der Waals surface area contributed by atoms with Crippen molar-refractivity contribution in [2.24, 2.45) is 4.99 Å². The molecule has 1 aliphatic heterocycles. The van der Waals surface area contributed by atoms with Crippen LogP contribution in [0.3, 0.4) is 0 Å². The first kappa shape index (κ1) is 23.5. The minimum Gasteiger partial charge on any atom is -0.366 e. The lowest BCUT2D eigenvalue weighted by Crippen LogP contribution is -2.44. The topological polar surface area (TPSA) is 70.0 Å². The summed E-state index contributed by atoms with van der Waals surface area (Å²) in [4.78, 5) is 6.22. The number of halogens is 3. The van der Waals surface area contributed by atoms with E-state index in [0.29, 0.717) is 23.0 Å². The van der Waals surface area contributed by atoms with Crippen LogP contribution in [0.1, 0.15) is 18.1 Å². The second-order valence-corrected chi connectivity index (χ2v) is 10.00. The minimum atomic E-state index is -4.03. The van der Waals surface area contributed by atoms with Crippen LogP contribution in [-0.4, -0.2) is 35.9 Å². The zero-order valence-corrected chi connectivity index (χ0v) is 20.0. The first-order valence-corrected chi connectivity index (χ1v) is 11.9. The van der Waals surface area contributed by atoms with E-state index in [0.717, 1.165) is 11.3 Å². The van der Waals surface area contributed by atoms with E-state index in [9.17, 15) is 13.5 Å². The third kappa shape index (κ3) is 4.52. The maximum atomic E-state index is 11.8. The maximum Gasteiger partial charge on any atom is 0.262 e. The quantitative estimate of drug-likeness (QED) is 0.565. The maximum absolute atomic E-state index is 11.8. The van der Waals surface area contributed by atoms with Crippen LogP contribution in [0.2, 0.25) is 5.02 Å². The van der Waals surface area contributed by atoms with Gasteiger partial charge in [0.15, 0.2) is 10.9 Å². The third-order valence-corrected chi connectivity index (χ3v) is 7.30. The average Bonchev–Trinajstić information content (AvgIpc) is 2.93. The predicted octanol–water partition coefficient (Wildman–Crippen LogP) is 5.06. The summed E-state index contributed by atoms with van der Waals surface area (Å²) in [7, 11) is 1.44. The standard InChI is InChI=1S/C18H18Cl2N2O3S2.BrH/c1-3-22-17(21-15-7-5-4-6-12(15)2)26-11-18(22,23)13-8-9-14(19)16(10-13)27(20,24)25;/h4-10,23H,3,11H2,1-2H3;1H/b21-17+;. The number of aryl methyl sites for hydroxylation is 1. The lowest BCUT2D eigenvalue weighted by molar-refractivity contribution is -0.0453. The molecule has 1 atom stereocenters.